The van der Waals surface area contributed by atoms with Crippen LogP contribution < -0.4 is 0 Å². The number of hydrogen-bond acceptors (Lipinski definition) is 2. The third-order valence-electron chi connectivity index (χ3n) is 3.41. The minimum Gasteiger partial charge on any atom is -0.446 e. The highest BCUT2D eigenvalue weighted by Crippen LogP contribution is 2.44. The largest absolute Gasteiger partial charge is 0.446 e. The molecular formula is C17H25NO2. The number of nitrogens with zero attached hydrogens (tertiary/aromatic N) is 1. The lowest BCUT2D eigenvalue weighted by molar-refractivity contribution is 0.160. The number of cyclic esters (lactones) is 1. The Bertz CT molecular complexity index is 455. The molecule has 1 atom stereocenters. The number of carbonyl (C=O) groups excluding carboxylic acids is 1. The Labute approximate surface area is 122 Å². The topological polar surface area (TPSA) is 29.5 Å². The summed E-state index contributed by atoms with van der Waals surface area (Å²) in [6.07, 6.45) is 0.588. The van der Waals surface area contributed by atoms with E-state index in [0.717, 1.165) is 17.6 Å². The first kappa shape index (κ1) is 16.3. The van der Waals surface area contributed by atoms with Crippen molar-refractivity contribution in [2.45, 2.75) is 39.7 Å². The summed E-state index contributed by atoms with van der Waals surface area (Å²) in [4.78, 5) is 13.4. The van der Waals surface area contributed by atoms with Gasteiger partial charge in [-0.05, 0) is 5.56 Å². The quantitative estimate of drug-likeness (QED) is 0.713. The van der Waals surface area contributed by atoms with E-state index >= 15 is 0 Å². The second-order valence-electron chi connectivity index (χ2n) is 4.47. The van der Waals surface area contributed by atoms with Crippen molar-refractivity contribution in [1.29, 1.82) is 0 Å². The Hall–Kier alpha value is -1.77. The Morgan fingerprint density at radius 1 is 1.15 bits per heavy atom. The van der Waals surface area contributed by atoms with E-state index in [1.54, 1.807) is 4.90 Å². The molecule has 3 rings (SSSR count). The van der Waals surface area contributed by atoms with Gasteiger partial charge in [-0.25, -0.2) is 4.79 Å². The highest BCUT2D eigenvalue weighted by atomic mass is 16.6. The summed E-state index contributed by atoms with van der Waals surface area (Å²) in [6, 6.07) is 10.1. The van der Waals surface area contributed by atoms with Crippen LogP contribution in [0.25, 0.3) is 0 Å². The van der Waals surface area contributed by atoms with Gasteiger partial charge in [0.15, 0.2) is 0 Å². The van der Waals surface area contributed by atoms with Gasteiger partial charge in [0.2, 0.25) is 0 Å². The van der Waals surface area contributed by atoms with E-state index in [2.05, 4.69) is 6.58 Å². The molecule has 2 aliphatic rings. The molecule has 0 bridgehead atoms. The van der Waals surface area contributed by atoms with Gasteiger partial charge in [0, 0.05) is 13.0 Å². The summed E-state index contributed by atoms with van der Waals surface area (Å²) < 4.78 is 5.17. The highest BCUT2D eigenvalue weighted by molar-refractivity contribution is 5.73. The predicted octanol–water partition coefficient (Wildman–Crippen LogP) is 4.35. The normalized spacial score (nSPS) is 23.1. The summed E-state index contributed by atoms with van der Waals surface area (Å²) >= 11 is 0. The lowest BCUT2D eigenvalue weighted by Gasteiger charge is -2.28. The van der Waals surface area contributed by atoms with Gasteiger partial charge >= 0.3 is 6.09 Å². The molecule has 1 amide bonds. The summed E-state index contributed by atoms with van der Waals surface area (Å²) in [7, 11) is 0. The smallest absolute Gasteiger partial charge is 0.411 e. The fourth-order valence-electron chi connectivity index (χ4n) is 2.66. The van der Waals surface area contributed by atoms with Gasteiger partial charge in [-0.1, -0.05) is 70.2 Å². The zero-order valence-corrected chi connectivity index (χ0v) is 13.0. The molecule has 3 heteroatoms. The lowest BCUT2D eigenvalue weighted by atomic mass is 9.88. The Morgan fingerprint density at radius 2 is 1.75 bits per heavy atom. The summed E-state index contributed by atoms with van der Waals surface area (Å²) in [5.74, 6) is 0. The number of carbonyl (C=O) groups is 1. The Morgan fingerprint density at radius 3 is 2.35 bits per heavy atom. The molecule has 0 radical (unpaired) electrons. The predicted molar refractivity (Wildman–Crippen MR) is 82.6 cm³/mol. The lowest BCUT2D eigenvalue weighted by Crippen LogP contribution is -2.39. The minimum absolute atomic E-state index is 0.220. The van der Waals surface area contributed by atoms with Crippen LogP contribution >= 0.6 is 0 Å². The Kier molecular flexibility index (Phi) is 5.81. The summed E-state index contributed by atoms with van der Waals surface area (Å²) in [6.45, 7) is 13.1. The zero-order valence-electron chi connectivity index (χ0n) is 13.0. The number of hydrogen-bond donors (Lipinski definition) is 0. The first-order valence-electron chi connectivity index (χ1n) is 7.39. The molecule has 3 nitrogen and oxygen atoms in total. The van der Waals surface area contributed by atoms with Crippen LogP contribution in [-0.2, 0) is 10.3 Å². The molecule has 0 saturated carbocycles. The maximum Gasteiger partial charge on any atom is 0.411 e. The van der Waals surface area contributed by atoms with Gasteiger partial charge in [-0.15, -0.1) is 0 Å². The van der Waals surface area contributed by atoms with Gasteiger partial charge in [-0.3, -0.25) is 4.90 Å². The molecule has 0 aliphatic carbocycles. The zero-order chi connectivity index (χ0) is 15.2. The molecular weight excluding hydrogens is 250 g/mol. The monoisotopic (exact) mass is 275 g/mol. The molecule has 2 aliphatic heterocycles. The number of benzene rings is 1. The third-order valence-corrected chi connectivity index (χ3v) is 3.41. The molecule has 110 valence electrons. The van der Waals surface area contributed by atoms with Crippen LogP contribution in [0.4, 0.5) is 4.79 Å². The van der Waals surface area contributed by atoms with Gasteiger partial charge < -0.3 is 4.74 Å². The molecule has 2 heterocycles. The second kappa shape index (κ2) is 7.13. The molecule has 2 saturated heterocycles. The van der Waals surface area contributed by atoms with Crippen molar-refractivity contribution in [3.63, 3.8) is 0 Å². The molecule has 1 unspecified atom stereocenters. The highest BCUT2D eigenvalue weighted by Gasteiger charge is 2.52. The maximum atomic E-state index is 11.6. The van der Waals surface area contributed by atoms with Crippen LogP contribution in [-0.4, -0.2) is 24.1 Å². The third kappa shape index (κ3) is 2.72. The van der Waals surface area contributed by atoms with E-state index in [1.807, 2.05) is 58.0 Å². The van der Waals surface area contributed by atoms with Crippen LogP contribution in [0.15, 0.2) is 42.5 Å². The van der Waals surface area contributed by atoms with E-state index in [0.29, 0.717) is 13.2 Å². The first-order chi connectivity index (χ1) is 9.72. The maximum absolute atomic E-state index is 11.6. The standard InChI is InChI=1S/C13H13NO2.2C2H6/c1-10-7-13(11-5-3-2-4-6-11)9-16-12(15)14(13)8-10;2*1-2/h2-6H,1,7-9H2;2*1-2H3. The molecule has 1 aromatic carbocycles. The average Bonchev–Trinajstić information content (AvgIpc) is 3.02. The van der Waals surface area contributed by atoms with Crippen molar-refractivity contribution in [1.82, 2.24) is 4.90 Å². The van der Waals surface area contributed by atoms with Crippen LogP contribution in [0.2, 0.25) is 0 Å². The van der Waals surface area contributed by atoms with Crippen LogP contribution in [0.1, 0.15) is 39.7 Å². The SMILES string of the molecule is C=C1CN2C(=O)OCC2(c2ccccc2)C1.CC.CC. The minimum atomic E-state index is -0.296. The average molecular weight is 275 g/mol. The number of ether oxygens (including phenoxy) is 1. The summed E-state index contributed by atoms with van der Waals surface area (Å²) in [5, 5.41) is 0. The van der Waals surface area contributed by atoms with Gasteiger partial charge in [0.25, 0.3) is 0 Å². The fraction of sp³-hybridized carbons (Fsp3) is 0.471. The van der Waals surface area contributed by atoms with E-state index in [9.17, 15) is 4.79 Å². The fourth-order valence-corrected chi connectivity index (χ4v) is 2.66. The van der Waals surface area contributed by atoms with Gasteiger partial charge in [0.05, 0.1) is 0 Å². The van der Waals surface area contributed by atoms with Crippen molar-refractivity contribution in [3.05, 3.63) is 48.0 Å². The van der Waals surface area contributed by atoms with E-state index in [1.165, 1.54) is 0 Å². The van der Waals surface area contributed by atoms with Crippen molar-refractivity contribution in [2.24, 2.45) is 0 Å². The van der Waals surface area contributed by atoms with Crippen molar-refractivity contribution in [3.8, 4) is 0 Å². The van der Waals surface area contributed by atoms with E-state index < -0.39 is 0 Å². The molecule has 0 spiro atoms. The van der Waals surface area contributed by atoms with Gasteiger partial charge in [0.1, 0.15) is 12.1 Å². The van der Waals surface area contributed by atoms with Crippen LogP contribution in [0.3, 0.4) is 0 Å². The van der Waals surface area contributed by atoms with Crippen molar-refractivity contribution < 1.29 is 9.53 Å². The second-order valence-corrected chi connectivity index (χ2v) is 4.47. The molecule has 0 aromatic heterocycles. The van der Waals surface area contributed by atoms with E-state index in [-0.39, 0.29) is 11.6 Å². The van der Waals surface area contributed by atoms with Crippen LogP contribution in [0.5, 0.6) is 0 Å². The number of rotatable bonds is 1. The van der Waals surface area contributed by atoms with E-state index in [4.69, 9.17) is 4.74 Å². The Balaban J connectivity index is 0.000000461. The van der Waals surface area contributed by atoms with Crippen LogP contribution in [0, 0.1) is 0 Å². The van der Waals surface area contributed by atoms with Gasteiger partial charge in [-0.2, -0.15) is 0 Å². The molecule has 20 heavy (non-hydrogen) atoms. The number of amides is 1. The first-order valence-corrected chi connectivity index (χ1v) is 7.39. The van der Waals surface area contributed by atoms with Crippen molar-refractivity contribution in [2.75, 3.05) is 13.2 Å². The molecule has 2 fully saturated rings. The molecule has 1 aromatic rings. The molecule has 0 N–H and O–H groups in total. The number of fused-ring (bicyclic) bond motifs is 1. The van der Waals surface area contributed by atoms with Crippen molar-refractivity contribution >= 4 is 6.09 Å². The summed E-state index contributed by atoms with van der Waals surface area (Å²) in [5.41, 5.74) is 1.94.